The number of nitrogens with one attached hydrogen (secondary N) is 1. The molecule has 1 aliphatic carbocycles. The molecule has 6 heteroatoms. The second-order valence-electron chi connectivity index (χ2n) is 5.23. The molecule has 0 heterocycles. The summed E-state index contributed by atoms with van der Waals surface area (Å²) in [5.41, 5.74) is 2.68. The van der Waals surface area contributed by atoms with Crippen LogP contribution in [0.2, 0.25) is 5.02 Å². The Morgan fingerprint density at radius 1 is 1.09 bits per heavy atom. The molecule has 0 saturated heterocycles. The van der Waals surface area contributed by atoms with Crippen molar-refractivity contribution in [1.82, 2.24) is 0 Å². The van der Waals surface area contributed by atoms with Crippen molar-refractivity contribution in [2.75, 3.05) is 11.8 Å². The predicted molar refractivity (Wildman–Crippen MR) is 87.3 cm³/mol. The van der Waals surface area contributed by atoms with Crippen LogP contribution in [0.3, 0.4) is 0 Å². The lowest BCUT2D eigenvalue weighted by Crippen LogP contribution is -2.14. The van der Waals surface area contributed by atoms with Crippen LogP contribution in [0.25, 0.3) is 0 Å². The molecule has 0 spiro atoms. The number of aryl methyl sites for hydroxylation is 2. The van der Waals surface area contributed by atoms with E-state index in [-0.39, 0.29) is 4.90 Å². The van der Waals surface area contributed by atoms with Gasteiger partial charge in [0.15, 0.2) is 0 Å². The molecule has 2 aromatic rings. The van der Waals surface area contributed by atoms with Gasteiger partial charge in [-0.15, -0.1) is 0 Å². The van der Waals surface area contributed by atoms with E-state index in [1.165, 1.54) is 18.7 Å². The number of hydrogen-bond acceptors (Lipinski definition) is 3. The number of anilines is 1. The number of ether oxygens (including phenoxy) is 1. The van der Waals surface area contributed by atoms with Crippen molar-refractivity contribution in [2.45, 2.75) is 24.2 Å². The first kappa shape index (κ1) is 15.2. The van der Waals surface area contributed by atoms with E-state index in [2.05, 4.69) is 4.72 Å². The normalized spacial score (nSPS) is 13.7. The Bertz CT molecular complexity index is 818. The smallest absolute Gasteiger partial charge is 0.262 e. The number of benzene rings is 2. The van der Waals surface area contributed by atoms with Crippen molar-refractivity contribution >= 4 is 27.3 Å². The third-order valence-corrected chi connectivity index (χ3v) is 5.38. The first-order valence-corrected chi connectivity index (χ1v) is 8.84. The molecule has 1 N–H and O–H groups in total. The van der Waals surface area contributed by atoms with Crippen LogP contribution < -0.4 is 9.46 Å². The van der Waals surface area contributed by atoms with E-state index in [1.54, 1.807) is 24.3 Å². The summed E-state index contributed by atoms with van der Waals surface area (Å²) in [6, 6.07) is 10.1. The zero-order valence-electron chi connectivity index (χ0n) is 12.1. The van der Waals surface area contributed by atoms with Crippen molar-refractivity contribution in [3.05, 3.63) is 52.5 Å². The number of fused-ring (bicyclic) bond motifs is 1. The Morgan fingerprint density at radius 3 is 2.64 bits per heavy atom. The summed E-state index contributed by atoms with van der Waals surface area (Å²) >= 11 is 5.93. The zero-order chi connectivity index (χ0) is 15.7. The number of methoxy groups -OCH3 is 1. The number of rotatable bonds is 4. The zero-order valence-corrected chi connectivity index (χ0v) is 13.7. The standard InChI is InChI=1S/C16H16ClNO3S/c1-21-16-8-6-13(17)10-15(16)18-22(19,20)14-7-5-11-3-2-4-12(11)9-14/h5-10,18H,2-4H2,1H3. The van der Waals surface area contributed by atoms with Gasteiger partial charge in [0.25, 0.3) is 10.0 Å². The van der Waals surface area contributed by atoms with Gasteiger partial charge in [-0.2, -0.15) is 0 Å². The van der Waals surface area contributed by atoms with Gasteiger partial charge < -0.3 is 4.74 Å². The molecule has 116 valence electrons. The van der Waals surface area contributed by atoms with Crippen molar-refractivity contribution in [2.24, 2.45) is 0 Å². The molecular weight excluding hydrogens is 322 g/mol. The number of sulfonamides is 1. The summed E-state index contributed by atoms with van der Waals surface area (Å²) < 4.78 is 32.9. The van der Waals surface area contributed by atoms with E-state index in [0.29, 0.717) is 16.5 Å². The minimum absolute atomic E-state index is 0.259. The van der Waals surface area contributed by atoms with E-state index in [1.807, 2.05) is 6.07 Å². The van der Waals surface area contributed by atoms with Gasteiger partial charge in [0, 0.05) is 5.02 Å². The Kier molecular flexibility index (Phi) is 4.02. The number of hydrogen-bond donors (Lipinski definition) is 1. The lowest BCUT2D eigenvalue weighted by Gasteiger charge is -2.13. The fraction of sp³-hybridized carbons (Fsp3) is 0.250. The molecule has 0 atom stereocenters. The molecule has 0 bridgehead atoms. The van der Waals surface area contributed by atoms with Crippen molar-refractivity contribution in [3.63, 3.8) is 0 Å². The Morgan fingerprint density at radius 2 is 1.86 bits per heavy atom. The highest BCUT2D eigenvalue weighted by molar-refractivity contribution is 7.92. The SMILES string of the molecule is COc1ccc(Cl)cc1NS(=O)(=O)c1ccc2c(c1)CCC2. The highest BCUT2D eigenvalue weighted by atomic mass is 35.5. The van der Waals surface area contributed by atoms with Crippen LogP contribution in [0, 0.1) is 0 Å². The lowest BCUT2D eigenvalue weighted by molar-refractivity contribution is 0.417. The topological polar surface area (TPSA) is 55.4 Å². The van der Waals surface area contributed by atoms with Crippen LogP contribution in [-0.4, -0.2) is 15.5 Å². The summed E-state index contributed by atoms with van der Waals surface area (Å²) in [6.07, 6.45) is 3.03. The van der Waals surface area contributed by atoms with E-state index >= 15 is 0 Å². The molecule has 0 aromatic heterocycles. The fourth-order valence-corrected chi connectivity index (χ4v) is 3.96. The second kappa shape index (κ2) is 5.82. The van der Waals surface area contributed by atoms with Gasteiger partial charge in [-0.05, 0) is 60.7 Å². The molecule has 0 fully saturated rings. The van der Waals surface area contributed by atoms with Crippen LogP contribution in [0.15, 0.2) is 41.3 Å². The molecule has 1 aliphatic rings. The maximum Gasteiger partial charge on any atom is 0.262 e. The van der Waals surface area contributed by atoms with E-state index in [9.17, 15) is 8.42 Å². The summed E-state index contributed by atoms with van der Waals surface area (Å²) in [5.74, 6) is 0.425. The quantitative estimate of drug-likeness (QED) is 0.926. The van der Waals surface area contributed by atoms with Crippen LogP contribution in [0.5, 0.6) is 5.75 Å². The van der Waals surface area contributed by atoms with E-state index in [0.717, 1.165) is 24.8 Å². The highest BCUT2D eigenvalue weighted by Crippen LogP contribution is 2.31. The monoisotopic (exact) mass is 337 g/mol. The Hall–Kier alpha value is -1.72. The third-order valence-electron chi connectivity index (χ3n) is 3.79. The minimum Gasteiger partial charge on any atom is -0.495 e. The van der Waals surface area contributed by atoms with Crippen LogP contribution in [0.4, 0.5) is 5.69 Å². The van der Waals surface area contributed by atoms with Gasteiger partial charge in [-0.25, -0.2) is 8.42 Å². The van der Waals surface area contributed by atoms with Gasteiger partial charge >= 0.3 is 0 Å². The third kappa shape index (κ3) is 2.91. The van der Waals surface area contributed by atoms with Crippen molar-refractivity contribution in [3.8, 4) is 5.75 Å². The lowest BCUT2D eigenvalue weighted by atomic mass is 10.1. The first-order chi connectivity index (χ1) is 10.5. The average Bonchev–Trinajstić information content (AvgIpc) is 2.94. The largest absolute Gasteiger partial charge is 0.495 e. The highest BCUT2D eigenvalue weighted by Gasteiger charge is 2.20. The van der Waals surface area contributed by atoms with Crippen LogP contribution >= 0.6 is 11.6 Å². The molecule has 0 radical (unpaired) electrons. The molecule has 3 rings (SSSR count). The molecule has 0 aliphatic heterocycles. The molecule has 0 saturated carbocycles. The van der Waals surface area contributed by atoms with E-state index < -0.39 is 10.0 Å². The van der Waals surface area contributed by atoms with Gasteiger partial charge in [-0.3, -0.25) is 4.72 Å². The second-order valence-corrected chi connectivity index (χ2v) is 7.35. The summed E-state index contributed by atoms with van der Waals surface area (Å²) in [5, 5.41) is 0.437. The molecule has 22 heavy (non-hydrogen) atoms. The van der Waals surface area contributed by atoms with Gasteiger partial charge in [-0.1, -0.05) is 17.7 Å². The Balaban J connectivity index is 1.96. The number of halogens is 1. The van der Waals surface area contributed by atoms with Crippen LogP contribution in [0.1, 0.15) is 17.5 Å². The van der Waals surface area contributed by atoms with Crippen molar-refractivity contribution in [1.29, 1.82) is 0 Å². The van der Waals surface area contributed by atoms with E-state index in [4.69, 9.17) is 16.3 Å². The fourth-order valence-electron chi connectivity index (χ4n) is 2.68. The summed E-state index contributed by atoms with van der Waals surface area (Å²) in [4.78, 5) is 0.259. The molecule has 0 amide bonds. The molecule has 0 unspecified atom stereocenters. The minimum atomic E-state index is -3.67. The molecule has 4 nitrogen and oxygen atoms in total. The molecule has 2 aromatic carbocycles. The van der Waals surface area contributed by atoms with Gasteiger partial charge in [0.2, 0.25) is 0 Å². The summed E-state index contributed by atoms with van der Waals surface area (Å²) in [6.45, 7) is 0. The maximum absolute atomic E-state index is 12.6. The van der Waals surface area contributed by atoms with Gasteiger partial charge in [0.1, 0.15) is 5.75 Å². The first-order valence-electron chi connectivity index (χ1n) is 6.98. The van der Waals surface area contributed by atoms with Crippen molar-refractivity contribution < 1.29 is 13.2 Å². The van der Waals surface area contributed by atoms with Crippen LogP contribution in [-0.2, 0) is 22.9 Å². The average molecular weight is 338 g/mol. The predicted octanol–water partition coefficient (Wildman–Crippen LogP) is 3.64. The molecular formula is C16H16ClNO3S. The van der Waals surface area contributed by atoms with Gasteiger partial charge in [0.05, 0.1) is 17.7 Å². The maximum atomic E-state index is 12.6. The Labute approximate surface area is 135 Å². The summed E-state index contributed by atoms with van der Waals surface area (Å²) in [7, 11) is -2.19.